The molecule has 1 aromatic heterocycles. The topological polar surface area (TPSA) is 8.17 Å². The molecule has 39 heavy (non-hydrogen) atoms. The van der Waals surface area contributed by atoms with Gasteiger partial charge in [-0.15, -0.1) is 0 Å². The lowest BCUT2D eigenvalue weighted by molar-refractivity contribution is 1.18. The monoisotopic (exact) mass is 500 g/mol. The Morgan fingerprint density at radius 3 is 1.41 bits per heavy atom. The summed E-state index contributed by atoms with van der Waals surface area (Å²) in [7, 11) is 0. The number of aromatic nitrogens is 1. The molecule has 0 aliphatic heterocycles. The van der Waals surface area contributed by atoms with Crippen LogP contribution in [0.2, 0.25) is 0 Å². The van der Waals surface area contributed by atoms with E-state index in [1.165, 1.54) is 44.2 Å². The number of fused-ring (bicyclic) bond motifs is 3. The average Bonchev–Trinajstić information content (AvgIpc) is 3.34. The summed E-state index contributed by atoms with van der Waals surface area (Å²) in [5.41, 5.74) is 10.7. The summed E-state index contributed by atoms with van der Waals surface area (Å²) < 4.78 is 2.36. The highest BCUT2D eigenvalue weighted by Crippen LogP contribution is 2.36. The van der Waals surface area contributed by atoms with Gasteiger partial charge < -0.3 is 9.47 Å². The van der Waals surface area contributed by atoms with Crippen LogP contribution in [0.5, 0.6) is 0 Å². The van der Waals surface area contributed by atoms with E-state index in [0.717, 1.165) is 17.1 Å². The maximum atomic E-state index is 2.36. The Morgan fingerprint density at radius 1 is 0.410 bits per heavy atom. The van der Waals surface area contributed by atoms with Gasteiger partial charge in [-0.25, -0.2) is 0 Å². The van der Waals surface area contributed by atoms with Gasteiger partial charge in [0.25, 0.3) is 0 Å². The van der Waals surface area contributed by atoms with Gasteiger partial charge in [0.05, 0.1) is 11.0 Å². The molecule has 2 nitrogen and oxygen atoms in total. The highest BCUT2D eigenvalue weighted by Gasteiger charge is 2.13. The number of benzene rings is 6. The zero-order valence-corrected chi connectivity index (χ0v) is 21.8. The van der Waals surface area contributed by atoms with Crippen molar-refractivity contribution < 1.29 is 0 Å². The maximum Gasteiger partial charge on any atom is 0.0541 e. The van der Waals surface area contributed by atoms with Gasteiger partial charge in [-0.3, -0.25) is 0 Å². The SMILES string of the molecule is Cc1ccc(N(c2ccccc2)c2ccc(-c3ccc(-n4c5ccccc5c5ccccc54)cc3)cc2)cc1. The van der Waals surface area contributed by atoms with E-state index in [-0.39, 0.29) is 0 Å². The lowest BCUT2D eigenvalue weighted by atomic mass is 10.0. The Hall–Kier alpha value is -5.08. The number of nitrogens with zero attached hydrogens (tertiary/aromatic N) is 2. The molecule has 0 aliphatic rings. The zero-order chi connectivity index (χ0) is 26.2. The summed E-state index contributed by atoms with van der Waals surface area (Å²) in [4.78, 5) is 2.30. The van der Waals surface area contributed by atoms with Gasteiger partial charge >= 0.3 is 0 Å². The maximum absolute atomic E-state index is 2.36. The minimum Gasteiger partial charge on any atom is -0.311 e. The smallest absolute Gasteiger partial charge is 0.0541 e. The van der Waals surface area contributed by atoms with Crippen molar-refractivity contribution in [1.29, 1.82) is 0 Å². The van der Waals surface area contributed by atoms with E-state index in [1.54, 1.807) is 0 Å². The van der Waals surface area contributed by atoms with Gasteiger partial charge in [0.1, 0.15) is 0 Å². The second-order valence-electron chi connectivity index (χ2n) is 9.97. The van der Waals surface area contributed by atoms with Gasteiger partial charge in [0.15, 0.2) is 0 Å². The molecule has 0 amide bonds. The van der Waals surface area contributed by atoms with Gasteiger partial charge in [0.2, 0.25) is 0 Å². The van der Waals surface area contributed by atoms with Crippen LogP contribution in [0, 0.1) is 6.92 Å². The van der Waals surface area contributed by atoms with Crippen molar-refractivity contribution in [3.8, 4) is 16.8 Å². The van der Waals surface area contributed by atoms with Crippen molar-refractivity contribution in [1.82, 2.24) is 4.57 Å². The standard InChI is InChI=1S/C37H28N2/c1-27-15-21-31(22-16-27)38(30-9-3-2-4-10-30)32-23-17-28(18-24-32)29-19-25-33(26-20-29)39-36-13-7-5-11-34(36)35-12-6-8-14-37(35)39/h2-26H,1H3. The average molecular weight is 501 g/mol. The lowest BCUT2D eigenvalue weighted by Crippen LogP contribution is -2.09. The Labute approximate surface area is 229 Å². The highest BCUT2D eigenvalue weighted by molar-refractivity contribution is 6.09. The molecule has 1 heterocycles. The van der Waals surface area contributed by atoms with Crippen molar-refractivity contribution in [2.45, 2.75) is 6.92 Å². The summed E-state index contributed by atoms with van der Waals surface area (Å²) in [5, 5.41) is 2.56. The number of hydrogen-bond acceptors (Lipinski definition) is 1. The number of hydrogen-bond donors (Lipinski definition) is 0. The summed E-state index contributed by atoms with van der Waals surface area (Å²) in [5.74, 6) is 0. The Kier molecular flexibility index (Phi) is 5.71. The molecule has 0 radical (unpaired) electrons. The molecule has 2 heteroatoms. The van der Waals surface area contributed by atoms with Gasteiger partial charge in [0, 0.05) is 33.5 Å². The Morgan fingerprint density at radius 2 is 0.846 bits per heavy atom. The van der Waals surface area contributed by atoms with Crippen molar-refractivity contribution in [2.75, 3.05) is 4.90 Å². The fraction of sp³-hybridized carbons (Fsp3) is 0.0270. The predicted molar refractivity (Wildman–Crippen MR) is 166 cm³/mol. The molecule has 0 atom stereocenters. The second-order valence-corrected chi connectivity index (χ2v) is 9.97. The van der Waals surface area contributed by atoms with Crippen LogP contribution < -0.4 is 4.90 Å². The van der Waals surface area contributed by atoms with E-state index in [1.807, 2.05) is 0 Å². The van der Waals surface area contributed by atoms with Crippen LogP contribution in [0.15, 0.2) is 152 Å². The van der Waals surface area contributed by atoms with Crippen LogP contribution in [-0.2, 0) is 0 Å². The molecule has 0 saturated heterocycles. The van der Waals surface area contributed by atoms with Crippen LogP contribution in [0.3, 0.4) is 0 Å². The van der Waals surface area contributed by atoms with Gasteiger partial charge in [-0.1, -0.05) is 96.6 Å². The molecule has 186 valence electrons. The minimum absolute atomic E-state index is 1.13. The molecule has 0 unspecified atom stereocenters. The fourth-order valence-corrected chi connectivity index (χ4v) is 5.52. The van der Waals surface area contributed by atoms with E-state index >= 15 is 0 Å². The third kappa shape index (κ3) is 4.17. The molecule has 6 aromatic carbocycles. The van der Waals surface area contributed by atoms with Crippen molar-refractivity contribution in [2.24, 2.45) is 0 Å². The van der Waals surface area contributed by atoms with Crippen molar-refractivity contribution in [3.05, 3.63) is 157 Å². The highest BCUT2D eigenvalue weighted by atomic mass is 15.1. The van der Waals surface area contributed by atoms with Crippen LogP contribution >= 0.6 is 0 Å². The van der Waals surface area contributed by atoms with Crippen molar-refractivity contribution in [3.63, 3.8) is 0 Å². The molecule has 0 fully saturated rings. The normalized spacial score (nSPS) is 11.2. The van der Waals surface area contributed by atoms with Crippen LogP contribution in [0.25, 0.3) is 38.6 Å². The van der Waals surface area contributed by atoms with Crippen LogP contribution in [-0.4, -0.2) is 4.57 Å². The first-order chi connectivity index (χ1) is 19.3. The molecule has 0 aliphatic carbocycles. The van der Waals surface area contributed by atoms with Crippen LogP contribution in [0.4, 0.5) is 17.1 Å². The third-order valence-corrected chi connectivity index (χ3v) is 7.47. The molecule has 0 N–H and O–H groups in total. The third-order valence-electron chi connectivity index (χ3n) is 7.47. The quantitative estimate of drug-likeness (QED) is 0.228. The zero-order valence-electron chi connectivity index (χ0n) is 21.8. The lowest BCUT2D eigenvalue weighted by Gasteiger charge is -2.25. The van der Waals surface area contributed by atoms with E-state index in [9.17, 15) is 0 Å². The first kappa shape index (κ1) is 23.1. The number of rotatable bonds is 5. The van der Waals surface area contributed by atoms with Crippen molar-refractivity contribution >= 4 is 38.9 Å². The number of anilines is 3. The van der Waals surface area contributed by atoms with E-state index in [0.29, 0.717) is 0 Å². The minimum atomic E-state index is 1.13. The first-order valence-electron chi connectivity index (χ1n) is 13.4. The summed E-state index contributed by atoms with van der Waals surface area (Å²) in [6, 6.07) is 54.3. The Bertz CT molecular complexity index is 1830. The summed E-state index contributed by atoms with van der Waals surface area (Å²) in [6.07, 6.45) is 0. The molecule has 0 spiro atoms. The van der Waals surface area contributed by atoms with Gasteiger partial charge in [-0.05, 0) is 78.7 Å². The van der Waals surface area contributed by atoms with E-state index in [2.05, 4.69) is 168 Å². The first-order valence-corrected chi connectivity index (χ1v) is 13.4. The summed E-state index contributed by atoms with van der Waals surface area (Å²) >= 11 is 0. The number of aryl methyl sites for hydroxylation is 1. The largest absolute Gasteiger partial charge is 0.311 e. The Balaban J connectivity index is 1.24. The molecule has 7 rings (SSSR count). The molecular formula is C37H28N2. The molecule has 7 aromatic rings. The van der Waals surface area contributed by atoms with Gasteiger partial charge in [-0.2, -0.15) is 0 Å². The van der Waals surface area contributed by atoms with E-state index in [4.69, 9.17) is 0 Å². The number of para-hydroxylation sites is 3. The molecular weight excluding hydrogens is 472 g/mol. The summed E-state index contributed by atoms with van der Waals surface area (Å²) in [6.45, 7) is 2.12. The van der Waals surface area contributed by atoms with Crippen LogP contribution in [0.1, 0.15) is 5.56 Å². The predicted octanol–water partition coefficient (Wildman–Crippen LogP) is 10.2. The molecule has 0 saturated carbocycles. The second kappa shape index (κ2) is 9.66. The fourth-order valence-electron chi connectivity index (χ4n) is 5.52. The van der Waals surface area contributed by atoms with E-state index < -0.39 is 0 Å². The molecule has 0 bridgehead atoms.